The van der Waals surface area contributed by atoms with Crippen LogP contribution in [0.25, 0.3) is 0 Å². The lowest BCUT2D eigenvalue weighted by Gasteiger charge is -2.32. The Morgan fingerprint density at radius 3 is 1.89 bits per heavy atom. The van der Waals surface area contributed by atoms with E-state index in [0.29, 0.717) is 0 Å². The number of carbonyl (C=O) groups is 2. The van der Waals surface area contributed by atoms with Gasteiger partial charge >= 0.3 is 12.0 Å². The molecule has 0 bridgehead atoms. The third kappa shape index (κ3) is 4.52. The summed E-state index contributed by atoms with van der Waals surface area (Å²) in [7, 11) is 0. The van der Waals surface area contributed by atoms with Gasteiger partial charge in [-0.25, -0.2) is 9.59 Å². The van der Waals surface area contributed by atoms with Crippen LogP contribution < -0.4 is 10.6 Å². The summed E-state index contributed by atoms with van der Waals surface area (Å²) in [5.41, 5.74) is -0.328. The second-order valence-corrected chi connectivity index (χ2v) is 4.50. The molecule has 0 heterocycles. The molecule has 0 saturated heterocycles. The largest absolute Gasteiger partial charge is 0.480 e. The molecule has 18 heavy (non-hydrogen) atoms. The fourth-order valence-electron chi connectivity index (χ4n) is 1.82. The Balaban J connectivity index is 4.62. The zero-order chi connectivity index (χ0) is 14.3. The maximum Gasteiger partial charge on any atom is 0.328 e. The summed E-state index contributed by atoms with van der Waals surface area (Å²) in [6.45, 7) is 7.23. The fourth-order valence-corrected chi connectivity index (χ4v) is 1.82. The maximum absolute atomic E-state index is 11.8. The number of carboxylic acids is 1. The Hall–Kier alpha value is -1.30. The van der Waals surface area contributed by atoms with Crippen molar-refractivity contribution in [3.63, 3.8) is 0 Å². The predicted molar refractivity (Wildman–Crippen MR) is 68.4 cm³/mol. The van der Waals surface area contributed by atoms with Crippen LogP contribution in [0.3, 0.4) is 0 Å². The summed E-state index contributed by atoms with van der Waals surface area (Å²) >= 11 is 0. The van der Waals surface area contributed by atoms with E-state index in [1.807, 2.05) is 20.8 Å². The lowest BCUT2D eigenvalue weighted by molar-refractivity contribution is -0.141. The SMILES string of the molecule is CCC(CC)(CC)NC(=O)N[C@H](C(=O)O)[C@@H](C)O. The average Bonchev–Trinajstić information content (AvgIpc) is 2.32. The van der Waals surface area contributed by atoms with Gasteiger partial charge in [-0.05, 0) is 26.2 Å². The molecule has 0 aromatic carbocycles. The van der Waals surface area contributed by atoms with Crippen molar-refractivity contribution >= 4 is 12.0 Å². The van der Waals surface area contributed by atoms with Gasteiger partial charge in [0.15, 0.2) is 6.04 Å². The van der Waals surface area contributed by atoms with Crippen LogP contribution in [0.15, 0.2) is 0 Å². The summed E-state index contributed by atoms with van der Waals surface area (Å²) in [6, 6.07) is -1.86. The van der Waals surface area contributed by atoms with E-state index in [1.165, 1.54) is 6.92 Å². The highest BCUT2D eigenvalue weighted by molar-refractivity contribution is 5.83. The minimum Gasteiger partial charge on any atom is -0.480 e. The highest BCUT2D eigenvalue weighted by Gasteiger charge is 2.29. The van der Waals surface area contributed by atoms with E-state index in [0.717, 1.165) is 19.3 Å². The molecule has 6 heteroatoms. The van der Waals surface area contributed by atoms with Crippen LogP contribution in [0, 0.1) is 0 Å². The molecule has 0 aliphatic heterocycles. The van der Waals surface area contributed by atoms with Gasteiger partial charge in [0.1, 0.15) is 0 Å². The Bertz CT molecular complexity index is 280. The first kappa shape index (κ1) is 16.7. The Morgan fingerprint density at radius 1 is 1.17 bits per heavy atom. The Morgan fingerprint density at radius 2 is 1.61 bits per heavy atom. The molecular formula is C12H24N2O4. The molecule has 6 nitrogen and oxygen atoms in total. The average molecular weight is 260 g/mol. The normalized spacial score (nSPS) is 14.7. The molecule has 4 N–H and O–H groups in total. The van der Waals surface area contributed by atoms with Gasteiger partial charge in [-0.15, -0.1) is 0 Å². The van der Waals surface area contributed by atoms with Crippen molar-refractivity contribution in [3.8, 4) is 0 Å². The van der Waals surface area contributed by atoms with E-state index in [9.17, 15) is 14.7 Å². The molecule has 2 atom stereocenters. The van der Waals surface area contributed by atoms with Crippen molar-refractivity contribution < 1.29 is 19.8 Å². The van der Waals surface area contributed by atoms with Gasteiger partial charge in [-0.3, -0.25) is 0 Å². The number of amides is 2. The zero-order valence-electron chi connectivity index (χ0n) is 11.5. The molecule has 0 aliphatic carbocycles. The molecule has 0 spiro atoms. The Labute approximate surface area is 108 Å². The molecule has 0 unspecified atom stereocenters. The first-order valence-corrected chi connectivity index (χ1v) is 6.31. The van der Waals surface area contributed by atoms with Crippen LogP contribution in [-0.2, 0) is 4.79 Å². The first-order valence-electron chi connectivity index (χ1n) is 6.31. The van der Waals surface area contributed by atoms with Gasteiger partial charge < -0.3 is 20.8 Å². The topological polar surface area (TPSA) is 98.7 Å². The summed E-state index contributed by atoms with van der Waals surface area (Å²) in [5.74, 6) is -1.25. The van der Waals surface area contributed by atoms with Crippen LogP contribution in [-0.4, -0.2) is 39.9 Å². The smallest absolute Gasteiger partial charge is 0.328 e. The number of carboxylic acid groups (broad SMARTS) is 1. The second kappa shape index (κ2) is 7.20. The number of carbonyl (C=O) groups excluding carboxylic acids is 1. The summed E-state index contributed by atoms with van der Waals surface area (Å²) in [4.78, 5) is 22.6. The first-order chi connectivity index (χ1) is 8.31. The number of aliphatic carboxylic acids is 1. The van der Waals surface area contributed by atoms with Crippen LogP contribution in [0.5, 0.6) is 0 Å². The van der Waals surface area contributed by atoms with Crippen molar-refractivity contribution in [2.75, 3.05) is 0 Å². The van der Waals surface area contributed by atoms with Crippen molar-refractivity contribution in [3.05, 3.63) is 0 Å². The quantitative estimate of drug-likeness (QED) is 0.550. The van der Waals surface area contributed by atoms with Crippen LogP contribution >= 0.6 is 0 Å². The number of aliphatic hydroxyl groups is 1. The van der Waals surface area contributed by atoms with Gasteiger partial charge in [0.05, 0.1) is 6.10 Å². The van der Waals surface area contributed by atoms with E-state index >= 15 is 0 Å². The molecule has 0 aliphatic rings. The number of rotatable bonds is 7. The monoisotopic (exact) mass is 260 g/mol. The minimum absolute atomic E-state index is 0.328. The molecule has 0 rings (SSSR count). The molecule has 2 amide bonds. The summed E-state index contributed by atoms with van der Waals surface area (Å²) in [5, 5.41) is 23.2. The van der Waals surface area contributed by atoms with E-state index in [2.05, 4.69) is 10.6 Å². The molecule has 106 valence electrons. The summed E-state index contributed by atoms with van der Waals surface area (Å²) in [6.07, 6.45) is 1.15. The van der Waals surface area contributed by atoms with Crippen LogP contribution in [0.1, 0.15) is 47.0 Å². The van der Waals surface area contributed by atoms with E-state index in [1.54, 1.807) is 0 Å². The Kier molecular flexibility index (Phi) is 6.68. The van der Waals surface area contributed by atoms with Gasteiger partial charge in [-0.1, -0.05) is 20.8 Å². The van der Waals surface area contributed by atoms with E-state index in [-0.39, 0.29) is 5.54 Å². The van der Waals surface area contributed by atoms with Crippen LogP contribution in [0.4, 0.5) is 4.79 Å². The second-order valence-electron chi connectivity index (χ2n) is 4.50. The van der Waals surface area contributed by atoms with Gasteiger partial charge in [0, 0.05) is 5.54 Å². The number of nitrogens with one attached hydrogen (secondary N) is 2. The van der Waals surface area contributed by atoms with Crippen molar-refractivity contribution in [2.45, 2.75) is 64.6 Å². The number of hydrogen-bond acceptors (Lipinski definition) is 3. The van der Waals surface area contributed by atoms with E-state index in [4.69, 9.17) is 5.11 Å². The van der Waals surface area contributed by atoms with E-state index < -0.39 is 24.1 Å². The minimum atomic E-state index is -1.30. The number of urea groups is 1. The third-order valence-electron chi connectivity index (χ3n) is 3.44. The zero-order valence-corrected chi connectivity index (χ0v) is 11.5. The van der Waals surface area contributed by atoms with Crippen molar-refractivity contribution in [1.82, 2.24) is 10.6 Å². The van der Waals surface area contributed by atoms with Gasteiger partial charge in [-0.2, -0.15) is 0 Å². The molecule has 0 saturated carbocycles. The fraction of sp³-hybridized carbons (Fsp3) is 0.833. The predicted octanol–water partition coefficient (Wildman–Crippen LogP) is 1.09. The lowest BCUT2D eigenvalue weighted by atomic mass is 9.90. The third-order valence-corrected chi connectivity index (χ3v) is 3.44. The maximum atomic E-state index is 11.8. The molecule has 0 fully saturated rings. The van der Waals surface area contributed by atoms with Gasteiger partial charge in [0.2, 0.25) is 0 Å². The molecule has 0 aromatic rings. The summed E-state index contributed by atoms with van der Waals surface area (Å²) < 4.78 is 0. The van der Waals surface area contributed by atoms with Gasteiger partial charge in [0.25, 0.3) is 0 Å². The highest BCUT2D eigenvalue weighted by atomic mass is 16.4. The van der Waals surface area contributed by atoms with Crippen LogP contribution in [0.2, 0.25) is 0 Å². The standard InChI is InChI=1S/C12H24N2O4/c1-5-12(6-2,7-3)14-11(18)13-9(8(4)15)10(16)17/h8-9,15H,5-7H2,1-4H3,(H,16,17)(H2,13,14,18)/t8-,9+/m1/s1. The molecular weight excluding hydrogens is 236 g/mol. The number of aliphatic hydroxyl groups excluding tert-OH is 1. The molecule has 0 radical (unpaired) electrons. The molecule has 0 aromatic heterocycles. The van der Waals surface area contributed by atoms with Crippen molar-refractivity contribution in [2.24, 2.45) is 0 Å². The highest BCUT2D eigenvalue weighted by Crippen LogP contribution is 2.18. The lowest BCUT2D eigenvalue weighted by Crippen LogP contribution is -2.56. The van der Waals surface area contributed by atoms with Crippen molar-refractivity contribution in [1.29, 1.82) is 0 Å². The number of hydrogen-bond donors (Lipinski definition) is 4.